The number of ether oxygens (including phenoxy) is 1. The molecule has 0 aliphatic carbocycles. The third-order valence-corrected chi connectivity index (χ3v) is 3.77. The fraction of sp³-hybridized carbons (Fsp3) is 0.105. The molecule has 6 heteroatoms. The number of rotatable bonds is 4. The Hall–Kier alpha value is -3.41. The normalized spacial score (nSPS) is 10.3. The van der Waals surface area contributed by atoms with E-state index in [4.69, 9.17) is 4.74 Å². The first-order chi connectivity index (χ1) is 12.1. The van der Waals surface area contributed by atoms with Crippen molar-refractivity contribution in [2.45, 2.75) is 0 Å². The van der Waals surface area contributed by atoms with E-state index in [-0.39, 0.29) is 17.3 Å². The third-order valence-electron chi connectivity index (χ3n) is 3.77. The Labute approximate surface area is 145 Å². The maximum absolute atomic E-state index is 13.0. The maximum Gasteiger partial charge on any atom is 0.358 e. The molecule has 0 fully saturated rings. The lowest BCUT2D eigenvalue weighted by molar-refractivity contribution is 0.0593. The van der Waals surface area contributed by atoms with Gasteiger partial charge in [-0.15, -0.1) is 0 Å². The van der Waals surface area contributed by atoms with E-state index in [1.165, 1.54) is 22.8 Å². The summed E-state index contributed by atoms with van der Waals surface area (Å²) in [4.78, 5) is 26.3. The first-order valence-electron chi connectivity index (χ1n) is 7.68. The van der Waals surface area contributed by atoms with Crippen molar-refractivity contribution < 1.29 is 14.3 Å². The number of anilines is 1. The molecular weight excluding hydrogens is 318 g/mol. The number of hydrogen-bond donors (Lipinski definition) is 0. The second kappa shape index (κ2) is 7.00. The predicted octanol–water partition coefficient (Wildman–Crippen LogP) is 2.94. The van der Waals surface area contributed by atoms with Crippen LogP contribution in [0.25, 0.3) is 5.69 Å². The summed E-state index contributed by atoms with van der Waals surface area (Å²) >= 11 is 0. The van der Waals surface area contributed by atoms with E-state index in [9.17, 15) is 9.59 Å². The second-order valence-corrected chi connectivity index (χ2v) is 5.35. The highest BCUT2D eigenvalue weighted by molar-refractivity contribution is 6.06. The number of aromatic nitrogens is 2. The van der Waals surface area contributed by atoms with Gasteiger partial charge in [0.25, 0.3) is 5.91 Å². The van der Waals surface area contributed by atoms with Gasteiger partial charge in [0.1, 0.15) is 5.69 Å². The van der Waals surface area contributed by atoms with Crippen LogP contribution in [0.5, 0.6) is 0 Å². The number of para-hydroxylation sites is 2. The van der Waals surface area contributed by atoms with Crippen molar-refractivity contribution in [2.24, 2.45) is 0 Å². The van der Waals surface area contributed by atoms with Crippen molar-refractivity contribution in [2.75, 3.05) is 19.1 Å². The Balaban J connectivity index is 2.06. The molecule has 0 saturated heterocycles. The molecule has 3 rings (SSSR count). The highest BCUT2D eigenvalue weighted by atomic mass is 16.5. The van der Waals surface area contributed by atoms with Gasteiger partial charge in [-0.3, -0.25) is 4.79 Å². The molecule has 2 aromatic carbocycles. The van der Waals surface area contributed by atoms with Crippen molar-refractivity contribution in [1.29, 1.82) is 0 Å². The van der Waals surface area contributed by atoms with Gasteiger partial charge in [-0.25, -0.2) is 9.48 Å². The van der Waals surface area contributed by atoms with Crippen molar-refractivity contribution in [3.8, 4) is 5.69 Å². The molecule has 0 N–H and O–H groups in total. The molecule has 1 aromatic heterocycles. The minimum Gasteiger partial charge on any atom is -0.464 e. The first-order valence-corrected chi connectivity index (χ1v) is 7.68. The van der Waals surface area contributed by atoms with Gasteiger partial charge in [-0.1, -0.05) is 36.4 Å². The summed E-state index contributed by atoms with van der Waals surface area (Å²) in [5, 5.41) is 4.24. The van der Waals surface area contributed by atoms with E-state index in [0.717, 1.165) is 5.69 Å². The van der Waals surface area contributed by atoms with Crippen LogP contribution >= 0.6 is 0 Å². The average Bonchev–Trinajstić information content (AvgIpc) is 3.13. The van der Waals surface area contributed by atoms with Crippen LogP contribution in [0.3, 0.4) is 0 Å². The molecule has 0 bridgehead atoms. The van der Waals surface area contributed by atoms with Crippen LogP contribution in [-0.4, -0.2) is 35.8 Å². The Morgan fingerprint density at radius 2 is 1.60 bits per heavy atom. The smallest absolute Gasteiger partial charge is 0.358 e. The number of nitrogens with zero attached hydrogens (tertiary/aromatic N) is 3. The predicted molar refractivity (Wildman–Crippen MR) is 94.1 cm³/mol. The highest BCUT2D eigenvalue weighted by Crippen LogP contribution is 2.19. The molecular formula is C19H17N3O3. The van der Waals surface area contributed by atoms with Crippen LogP contribution in [0.4, 0.5) is 5.69 Å². The number of hydrogen-bond acceptors (Lipinski definition) is 4. The summed E-state index contributed by atoms with van der Waals surface area (Å²) in [6, 6.07) is 19.9. The summed E-state index contributed by atoms with van der Waals surface area (Å²) in [5.41, 5.74) is 1.78. The Kier molecular flexibility index (Phi) is 4.61. The van der Waals surface area contributed by atoms with Crippen LogP contribution < -0.4 is 4.90 Å². The minimum absolute atomic E-state index is 0.0798. The molecule has 25 heavy (non-hydrogen) atoms. The zero-order chi connectivity index (χ0) is 17.8. The minimum atomic E-state index is -0.592. The van der Waals surface area contributed by atoms with Gasteiger partial charge >= 0.3 is 5.97 Å². The summed E-state index contributed by atoms with van der Waals surface area (Å²) < 4.78 is 6.18. The van der Waals surface area contributed by atoms with E-state index >= 15 is 0 Å². The lowest BCUT2D eigenvalue weighted by Gasteiger charge is -2.17. The molecule has 1 heterocycles. The Morgan fingerprint density at radius 3 is 2.20 bits per heavy atom. The third kappa shape index (κ3) is 3.28. The van der Waals surface area contributed by atoms with E-state index in [1.54, 1.807) is 7.05 Å². The van der Waals surface area contributed by atoms with Gasteiger partial charge in [0.05, 0.1) is 12.8 Å². The Morgan fingerprint density at radius 1 is 1.00 bits per heavy atom. The summed E-state index contributed by atoms with van der Waals surface area (Å²) in [6.07, 6.45) is 0. The van der Waals surface area contributed by atoms with Crippen LogP contribution in [0.15, 0.2) is 66.7 Å². The topological polar surface area (TPSA) is 64.4 Å². The van der Waals surface area contributed by atoms with Crippen LogP contribution in [0, 0.1) is 0 Å². The molecule has 0 atom stereocenters. The number of carbonyl (C=O) groups is 2. The number of amides is 1. The zero-order valence-corrected chi connectivity index (χ0v) is 13.9. The summed E-state index contributed by atoms with van der Waals surface area (Å²) in [7, 11) is 2.96. The quantitative estimate of drug-likeness (QED) is 0.688. The standard InChI is InChI=1S/C19H17N3O3/c1-21(14-9-5-3-6-10-14)18(23)17-13-16(19(24)25-2)20-22(17)15-11-7-4-8-12-15/h3-13H,1-2H3. The van der Waals surface area contributed by atoms with E-state index in [2.05, 4.69) is 5.10 Å². The summed E-state index contributed by atoms with van der Waals surface area (Å²) in [6.45, 7) is 0. The van der Waals surface area contributed by atoms with Gasteiger partial charge in [0.15, 0.2) is 5.69 Å². The average molecular weight is 335 g/mol. The zero-order valence-electron chi connectivity index (χ0n) is 13.9. The molecule has 0 radical (unpaired) electrons. The molecule has 1 amide bonds. The van der Waals surface area contributed by atoms with E-state index < -0.39 is 5.97 Å². The fourth-order valence-corrected chi connectivity index (χ4v) is 2.44. The van der Waals surface area contributed by atoms with Crippen LogP contribution in [0.2, 0.25) is 0 Å². The molecule has 6 nitrogen and oxygen atoms in total. The molecule has 3 aromatic rings. The monoisotopic (exact) mass is 335 g/mol. The molecule has 0 spiro atoms. The largest absolute Gasteiger partial charge is 0.464 e. The number of carbonyl (C=O) groups excluding carboxylic acids is 2. The number of esters is 1. The van der Waals surface area contributed by atoms with E-state index in [1.807, 2.05) is 60.7 Å². The number of benzene rings is 2. The van der Waals surface area contributed by atoms with Gasteiger partial charge in [0, 0.05) is 18.8 Å². The van der Waals surface area contributed by atoms with Crippen molar-refractivity contribution >= 4 is 17.6 Å². The molecule has 0 saturated carbocycles. The molecule has 0 unspecified atom stereocenters. The lowest BCUT2D eigenvalue weighted by atomic mass is 10.2. The van der Waals surface area contributed by atoms with Crippen LogP contribution in [0.1, 0.15) is 21.0 Å². The van der Waals surface area contributed by atoms with Gasteiger partial charge < -0.3 is 9.64 Å². The fourth-order valence-electron chi connectivity index (χ4n) is 2.44. The van der Waals surface area contributed by atoms with Crippen molar-refractivity contribution in [1.82, 2.24) is 9.78 Å². The summed E-state index contributed by atoms with van der Waals surface area (Å²) in [5.74, 6) is -0.871. The van der Waals surface area contributed by atoms with Crippen molar-refractivity contribution in [3.05, 3.63) is 78.1 Å². The van der Waals surface area contributed by atoms with Crippen LogP contribution in [-0.2, 0) is 4.74 Å². The van der Waals surface area contributed by atoms with Gasteiger partial charge in [-0.05, 0) is 24.3 Å². The second-order valence-electron chi connectivity index (χ2n) is 5.35. The number of methoxy groups -OCH3 is 1. The molecule has 0 aliphatic heterocycles. The first kappa shape index (κ1) is 16.4. The Bertz CT molecular complexity index is 889. The van der Waals surface area contributed by atoms with E-state index in [0.29, 0.717) is 5.69 Å². The van der Waals surface area contributed by atoms with Gasteiger partial charge in [-0.2, -0.15) is 5.10 Å². The lowest BCUT2D eigenvalue weighted by Crippen LogP contribution is -2.28. The highest BCUT2D eigenvalue weighted by Gasteiger charge is 2.23. The SMILES string of the molecule is COC(=O)c1cc(C(=O)N(C)c2ccccc2)n(-c2ccccc2)n1. The van der Waals surface area contributed by atoms with Crippen molar-refractivity contribution in [3.63, 3.8) is 0 Å². The molecule has 126 valence electrons. The van der Waals surface area contributed by atoms with Gasteiger partial charge in [0.2, 0.25) is 0 Å². The molecule has 0 aliphatic rings. The maximum atomic E-state index is 13.0.